The molecule has 118 valence electrons. The summed E-state index contributed by atoms with van der Waals surface area (Å²) in [5, 5.41) is 0. The predicted octanol–water partition coefficient (Wildman–Crippen LogP) is 2.66. The lowest BCUT2D eigenvalue weighted by Crippen LogP contribution is -2.38. The third-order valence-electron chi connectivity index (χ3n) is 3.95. The molecule has 1 fully saturated rings. The minimum absolute atomic E-state index is 0.0195. The molecule has 4 nitrogen and oxygen atoms in total. The van der Waals surface area contributed by atoms with Crippen molar-refractivity contribution >= 4 is 17.9 Å². The smallest absolute Gasteiger partial charge is 0.253 e. The summed E-state index contributed by atoms with van der Waals surface area (Å²) in [6.07, 6.45) is 5.73. The second-order valence-corrected chi connectivity index (χ2v) is 6.19. The molecule has 0 aliphatic carbocycles. The van der Waals surface area contributed by atoms with E-state index in [4.69, 9.17) is 0 Å². The molecule has 1 saturated heterocycles. The van der Waals surface area contributed by atoms with Crippen LogP contribution in [0.3, 0.4) is 0 Å². The molecule has 1 unspecified atom stereocenters. The van der Waals surface area contributed by atoms with E-state index in [0.717, 1.165) is 25.1 Å². The van der Waals surface area contributed by atoms with Crippen LogP contribution in [0.4, 0.5) is 0 Å². The molecule has 0 bridgehead atoms. The average Bonchev–Trinajstić information content (AvgIpc) is 2.52. The van der Waals surface area contributed by atoms with Crippen LogP contribution in [0.15, 0.2) is 30.3 Å². The maximum atomic E-state index is 12.2. The van der Waals surface area contributed by atoms with Crippen molar-refractivity contribution in [3.8, 4) is 0 Å². The number of nitrogens with zero attached hydrogens (tertiary/aromatic N) is 2. The third-order valence-corrected chi connectivity index (χ3v) is 3.95. The molecule has 1 heterocycles. The minimum Gasteiger partial charge on any atom is -0.345 e. The van der Waals surface area contributed by atoms with E-state index in [2.05, 4.69) is 6.92 Å². The Balaban J connectivity index is 1.98. The molecule has 1 aromatic rings. The Hall–Kier alpha value is -2.10. The molecule has 1 aliphatic heterocycles. The fraction of sp³-hybridized carbons (Fsp3) is 0.444. The first kappa shape index (κ1) is 16.3. The van der Waals surface area contributed by atoms with Gasteiger partial charge in [-0.15, -0.1) is 0 Å². The summed E-state index contributed by atoms with van der Waals surface area (Å²) >= 11 is 0. The summed E-state index contributed by atoms with van der Waals surface area (Å²) in [5.41, 5.74) is 1.58. The highest BCUT2D eigenvalue weighted by molar-refractivity contribution is 5.94. The van der Waals surface area contributed by atoms with Crippen LogP contribution in [0.25, 0.3) is 6.08 Å². The van der Waals surface area contributed by atoms with Crippen molar-refractivity contribution < 1.29 is 9.59 Å². The third kappa shape index (κ3) is 4.20. The second-order valence-electron chi connectivity index (χ2n) is 6.19. The molecule has 0 aromatic heterocycles. The largest absolute Gasteiger partial charge is 0.345 e. The van der Waals surface area contributed by atoms with Crippen molar-refractivity contribution in [2.75, 3.05) is 27.2 Å². The van der Waals surface area contributed by atoms with Crippen molar-refractivity contribution in [3.05, 3.63) is 41.5 Å². The van der Waals surface area contributed by atoms with E-state index in [1.54, 1.807) is 37.2 Å². The molecule has 22 heavy (non-hydrogen) atoms. The van der Waals surface area contributed by atoms with Gasteiger partial charge in [-0.2, -0.15) is 0 Å². The summed E-state index contributed by atoms with van der Waals surface area (Å²) in [7, 11) is 3.46. The van der Waals surface area contributed by atoms with Crippen LogP contribution in [0.1, 0.15) is 35.7 Å². The zero-order chi connectivity index (χ0) is 16.1. The fourth-order valence-corrected chi connectivity index (χ4v) is 2.66. The van der Waals surface area contributed by atoms with Crippen LogP contribution in [0.2, 0.25) is 0 Å². The average molecular weight is 300 g/mol. The van der Waals surface area contributed by atoms with E-state index in [-0.39, 0.29) is 11.8 Å². The van der Waals surface area contributed by atoms with E-state index >= 15 is 0 Å². The van der Waals surface area contributed by atoms with Gasteiger partial charge in [0.15, 0.2) is 0 Å². The molecule has 4 heteroatoms. The zero-order valence-electron chi connectivity index (χ0n) is 13.6. The van der Waals surface area contributed by atoms with E-state index in [1.165, 1.54) is 6.42 Å². The van der Waals surface area contributed by atoms with Gasteiger partial charge in [-0.1, -0.05) is 19.1 Å². The molecule has 0 radical (unpaired) electrons. The number of piperidine rings is 1. The van der Waals surface area contributed by atoms with Gasteiger partial charge in [0.2, 0.25) is 5.91 Å². The SMILES string of the molecule is CC1CCCN(C(=O)/C=C/c2ccc(C(=O)N(C)C)cc2)C1. The van der Waals surface area contributed by atoms with E-state index in [9.17, 15) is 9.59 Å². The van der Waals surface area contributed by atoms with Gasteiger partial charge < -0.3 is 9.80 Å². The molecule has 1 atom stereocenters. The molecule has 0 saturated carbocycles. The molecule has 1 aromatic carbocycles. The van der Waals surface area contributed by atoms with Crippen molar-refractivity contribution in [1.82, 2.24) is 9.80 Å². The molecule has 2 rings (SSSR count). The minimum atomic E-state index is -0.0195. The lowest BCUT2D eigenvalue weighted by atomic mass is 10.0. The van der Waals surface area contributed by atoms with Gasteiger partial charge in [-0.25, -0.2) is 0 Å². The fourth-order valence-electron chi connectivity index (χ4n) is 2.66. The Kier molecular flexibility index (Phi) is 5.36. The molecule has 0 spiro atoms. The summed E-state index contributed by atoms with van der Waals surface area (Å²) in [4.78, 5) is 27.4. The van der Waals surface area contributed by atoms with Gasteiger partial charge in [-0.3, -0.25) is 9.59 Å². The van der Waals surface area contributed by atoms with Crippen molar-refractivity contribution in [2.24, 2.45) is 5.92 Å². The van der Waals surface area contributed by atoms with E-state index in [1.807, 2.05) is 23.1 Å². The first-order chi connectivity index (χ1) is 10.5. The zero-order valence-corrected chi connectivity index (χ0v) is 13.6. The van der Waals surface area contributed by atoms with Crippen molar-refractivity contribution in [1.29, 1.82) is 0 Å². The highest BCUT2D eigenvalue weighted by Crippen LogP contribution is 2.16. The van der Waals surface area contributed by atoms with Gasteiger partial charge in [0.1, 0.15) is 0 Å². The maximum Gasteiger partial charge on any atom is 0.253 e. The van der Waals surface area contributed by atoms with Crippen LogP contribution < -0.4 is 0 Å². The number of hydrogen-bond donors (Lipinski definition) is 0. The van der Waals surface area contributed by atoms with Gasteiger partial charge >= 0.3 is 0 Å². The summed E-state index contributed by atoms with van der Waals surface area (Å²) < 4.78 is 0. The van der Waals surface area contributed by atoms with E-state index in [0.29, 0.717) is 11.5 Å². The van der Waals surface area contributed by atoms with Crippen LogP contribution in [-0.2, 0) is 4.79 Å². The Labute approximate surface area is 132 Å². The number of amides is 2. The molecule has 0 N–H and O–H groups in total. The van der Waals surface area contributed by atoms with Gasteiger partial charge in [-0.05, 0) is 42.5 Å². The normalized spacial score (nSPS) is 18.5. The number of benzene rings is 1. The quantitative estimate of drug-likeness (QED) is 0.805. The van der Waals surface area contributed by atoms with Crippen LogP contribution in [0.5, 0.6) is 0 Å². The number of hydrogen-bond acceptors (Lipinski definition) is 2. The molecular formula is C18H24N2O2. The molecule has 2 amide bonds. The van der Waals surface area contributed by atoms with Crippen LogP contribution >= 0.6 is 0 Å². The Morgan fingerprint density at radius 1 is 1.23 bits per heavy atom. The Morgan fingerprint density at radius 3 is 2.50 bits per heavy atom. The number of likely N-dealkylation sites (tertiary alicyclic amines) is 1. The predicted molar refractivity (Wildman–Crippen MR) is 88.5 cm³/mol. The van der Waals surface area contributed by atoms with Crippen LogP contribution in [0, 0.1) is 5.92 Å². The summed E-state index contributed by atoms with van der Waals surface area (Å²) in [6, 6.07) is 7.30. The second kappa shape index (κ2) is 7.25. The highest BCUT2D eigenvalue weighted by atomic mass is 16.2. The highest BCUT2D eigenvalue weighted by Gasteiger charge is 2.18. The maximum absolute atomic E-state index is 12.2. The standard InChI is InChI=1S/C18H24N2O2/c1-14-5-4-12-20(13-14)17(21)11-8-15-6-9-16(10-7-15)18(22)19(2)3/h6-11,14H,4-5,12-13H2,1-3H3/b11-8+. The van der Waals surface area contributed by atoms with Gasteiger partial charge in [0, 0.05) is 38.8 Å². The lowest BCUT2D eigenvalue weighted by Gasteiger charge is -2.30. The molecular weight excluding hydrogens is 276 g/mol. The van der Waals surface area contributed by atoms with Gasteiger partial charge in [0.25, 0.3) is 5.91 Å². The number of carbonyl (C=O) groups excluding carboxylic acids is 2. The van der Waals surface area contributed by atoms with Crippen molar-refractivity contribution in [2.45, 2.75) is 19.8 Å². The summed E-state index contributed by atoms with van der Waals surface area (Å²) in [5.74, 6) is 0.635. The Bertz CT molecular complexity index is 561. The van der Waals surface area contributed by atoms with E-state index < -0.39 is 0 Å². The van der Waals surface area contributed by atoms with Crippen molar-refractivity contribution in [3.63, 3.8) is 0 Å². The number of rotatable bonds is 3. The van der Waals surface area contributed by atoms with Gasteiger partial charge in [0.05, 0.1) is 0 Å². The van der Waals surface area contributed by atoms with Crippen LogP contribution in [-0.4, -0.2) is 48.8 Å². The Morgan fingerprint density at radius 2 is 1.91 bits per heavy atom. The topological polar surface area (TPSA) is 40.6 Å². The first-order valence-corrected chi connectivity index (χ1v) is 7.76. The number of carbonyl (C=O) groups is 2. The molecule has 1 aliphatic rings. The monoisotopic (exact) mass is 300 g/mol. The lowest BCUT2D eigenvalue weighted by molar-refractivity contribution is -0.127. The first-order valence-electron chi connectivity index (χ1n) is 7.76. The summed E-state index contributed by atoms with van der Waals surface area (Å²) in [6.45, 7) is 3.88.